The summed E-state index contributed by atoms with van der Waals surface area (Å²) in [4.78, 5) is 2.62. The summed E-state index contributed by atoms with van der Waals surface area (Å²) in [7, 11) is -3.63. The Labute approximate surface area is 158 Å². The van der Waals surface area contributed by atoms with Gasteiger partial charge in [0.2, 0.25) is 10.0 Å². The molecule has 4 nitrogen and oxygen atoms in total. The van der Waals surface area contributed by atoms with E-state index in [1.165, 1.54) is 30.1 Å². The minimum atomic E-state index is -3.63. The third kappa shape index (κ3) is 4.59. The highest BCUT2D eigenvalue weighted by Gasteiger charge is 2.28. The highest BCUT2D eigenvalue weighted by molar-refractivity contribution is 7.99. The number of hydrogen-bond donors (Lipinski definition) is 1. The van der Waals surface area contributed by atoms with Crippen LogP contribution in [0.4, 0.5) is 0 Å². The van der Waals surface area contributed by atoms with Crippen molar-refractivity contribution in [1.29, 1.82) is 0 Å². The molecule has 24 heavy (non-hydrogen) atoms. The zero-order valence-electron chi connectivity index (χ0n) is 13.4. The fraction of sp³-hybridized carbons (Fsp3) is 0.625. The van der Waals surface area contributed by atoms with Crippen LogP contribution in [0.1, 0.15) is 19.3 Å². The number of halogens is 2. The molecular formula is C16H22Cl2N2O2S2. The Morgan fingerprint density at radius 2 is 1.96 bits per heavy atom. The van der Waals surface area contributed by atoms with E-state index in [1.807, 2.05) is 11.8 Å². The second-order valence-electron chi connectivity index (χ2n) is 6.42. The van der Waals surface area contributed by atoms with Gasteiger partial charge in [-0.05, 0) is 62.2 Å². The van der Waals surface area contributed by atoms with E-state index in [4.69, 9.17) is 23.2 Å². The van der Waals surface area contributed by atoms with E-state index in [-0.39, 0.29) is 9.92 Å². The molecule has 0 spiro atoms. The summed E-state index contributed by atoms with van der Waals surface area (Å²) >= 11 is 13.9. The molecule has 1 aromatic rings. The first-order valence-electron chi connectivity index (χ1n) is 8.22. The minimum Gasteiger partial charge on any atom is -0.300 e. The fourth-order valence-corrected chi connectivity index (χ4v) is 6.45. The molecule has 8 heteroatoms. The van der Waals surface area contributed by atoms with Crippen molar-refractivity contribution in [2.75, 3.05) is 31.1 Å². The van der Waals surface area contributed by atoms with Gasteiger partial charge in [-0.2, -0.15) is 11.8 Å². The average Bonchev–Trinajstić information content (AvgIpc) is 3.10. The third-order valence-electron chi connectivity index (χ3n) is 4.82. The third-order valence-corrected chi connectivity index (χ3v) is 8.10. The van der Waals surface area contributed by atoms with Crippen LogP contribution < -0.4 is 4.72 Å². The Morgan fingerprint density at radius 3 is 2.62 bits per heavy atom. The molecule has 2 fully saturated rings. The number of piperidine rings is 1. The van der Waals surface area contributed by atoms with Gasteiger partial charge in [-0.3, -0.25) is 4.90 Å². The number of benzene rings is 1. The summed E-state index contributed by atoms with van der Waals surface area (Å²) in [6.45, 7) is 2.59. The molecule has 3 rings (SSSR count). The summed E-state index contributed by atoms with van der Waals surface area (Å²) in [6.07, 6.45) is 3.36. The Balaban J connectivity index is 1.53. The van der Waals surface area contributed by atoms with E-state index < -0.39 is 10.0 Å². The van der Waals surface area contributed by atoms with Crippen molar-refractivity contribution in [2.45, 2.75) is 30.2 Å². The van der Waals surface area contributed by atoms with Crippen LogP contribution in [0.3, 0.4) is 0 Å². The first kappa shape index (κ1) is 18.8. The van der Waals surface area contributed by atoms with Crippen molar-refractivity contribution in [1.82, 2.24) is 9.62 Å². The summed E-state index contributed by atoms with van der Waals surface area (Å²) in [5.74, 6) is 2.89. The minimum absolute atomic E-state index is 0.0529. The van der Waals surface area contributed by atoms with Crippen molar-refractivity contribution < 1.29 is 8.42 Å². The second-order valence-corrected chi connectivity index (χ2v) is 10.2. The number of nitrogens with one attached hydrogen (secondary N) is 1. The Bertz CT molecular complexity index is 671. The van der Waals surface area contributed by atoms with Gasteiger partial charge in [0.25, 0.3) is 0 Å². The van der Waals surface area contributed by atoms with Crippen LogP contribution in [0.15, 0.2) is 23.1 Å². The van der Waals surface area contributed by atoms with Gasteiger partial charge in [-0.25, -0.2) is 13.1 Å². The van der Waals surface area contributed by atoms with E-state index in [9.17, 15) is 8.42 Å². The Hall–Kier alpha value is 0.0200. The number of sulfonamides is 1. The lowest BCUT2D eigenvalue weighted by Gasteiger charge is -2.35. The smallest absolute Gasteiger partial charge is 0.242 e. The number of hydrogen-bond acceptors (Lipinski definition) is 4. The molecule has 0 saturated carbocycles. The predicted octanol–water partition coefficient (Wildman–Crippen LogP) is 3.49. The van der Waals surface area contributed by atoms with Crippen LogP contribution >= 0.6 is 35.0 Å². The molecule has 2 aliphatic rings. The molecule has 1 N–H and O–H groups in total. The molecule has 2 saturated heterocycles. The van der Waals surface area contributed by atoms with Crippen LogP contribution in [-0.4, -0.2) is 50.5 Å². The lowest BCUT2D eigenvalue weighted by molar-refractivity contribution is 0.145. The molecule has 0 aromatic heterocycles. The van der Waals surface area contributed by atoms with Crippen LogP contribution in [-0.2, 0) is 10.0 Å². The van der Waals surface area contributed by atoms with Crippen LogP contribution in [0.25, 0.3) is 0 Å². The van der Waals surface area contributed by atoms with Crippen molar-refractivity contribution >= 4 is 45.0 Å². The zero-order valence-corrected chi connectivity index (χ0v) is 16.5. The zero-order chi connectivity index (χ0) is 17.2. The van der Waals surface area contributed by atoms with E-state index in [0.29, 0.717) is 17.5 Å². The molecule has 0 amide bonds. The quantitative estimate of drug-likeness (QED) is 0.809. The van der Waals surface area contributed by atoms with Crippen LogP contribution in [0, 0.1) is 5.92 Å². The number of rotatable bonds is 5. The molecule has 2 aliphatic heterocycles. The highest BCUT2D eigenvalue weighted by atomic mass is 35.5. The molecule has 134 valence electrons. The van der Waals surface area contributed by atoms with Gasteiger partial charge in [-0.1, -0.05) is 23.2 Å². The summed E-state index contributed by atoms with van der Waals surface area (Å²) < 4.78 is 27.6. The van der Waals surface area contributed by atoms with Gasteiger partial charge in [0.15, 0.2) is 0 Å². The molecule has 0 aliphatic carbocycles. The first-order valence-corrected chi connectivity index (χ1v) is 11.6. The van der Waals surface area contributed by atoms with Gasteiger partial charge >= 0.3 is 0 Å². The topological polar surface area (TPSA) is 49.4 Å². The molecule has 1 unspecified atom stereocenters. The first-order chi connectivity index (χ1) is 11.5. The largest absolute Gasteiger partial charge is 0.300 e. The maximum Gasteiger partial charge on any atom is 0.242 e. The predicted molar refractivity (Wildman–Crippen MR) is 102 cm³/mol. The SMILES string of the molecule is O=S(=O)(NCC1CCN(C2CCSC2)CC1)c1cc(Cl)ccc1Cl. The van der Waals surface area contributed by atoms with Gasteiger partial charge in [0, 0.05) is 23.4 Å². The highest BCUT2D eigenvalue weighted by Crippen LogP contribution is 2.28. The van der Waals surface area contributed by atoms with Crippen LogP contribution in [0.2, 0.25) is 10.0 Å². The Kier molecular flexibility index (Phi) is 6.38. The van der Waals surface area contributed by atoms with Gasteiger partial charge < -0.3 is 0 Å². The van der Waals surface area contributed by atoms with E-state index >= 15 is 0 Å². The standard InChI is InChI=1S/C16H22Cl2N2O2S2/c17-13-1-2-15(18)16(9-13)24(21,22)19-10-12-3-6-20(7-4-12)14-5-8-23-11-14/h1-2,9,12,14,19H,3-8,10-11H2. The maximum atomic E-state index is 12.5. The maximum absolute atomic E-state index is 12.5. The molecule has 0 radical (unpaired) electrons. The van der Waals surface area contributed by atoms with Crippen molar-refractivity contribution in [3.8, 4) is 0 Å². The Morgan fingerprint density at radius 1 is 1.21 bits per heavy atom. The molecule has 1 aromatic carbocycles. The molecule has 0 bridgehead atoms. The molecule has 2 heterocycles. The number of thioether (sulfide) groups is 1. The lowest BCUT2D eigenvalue weighted by atomic mass is 9.96. The lowest BCUT2D eigenvalue weighted by Crippen LogP contribution is -2.43. The van der Waals surface area contributed by atoms with Crippen molar-refractivity contribution in [3.63, 3.8) is 0 Å². The van der Waals surface area contributed by atoms with Crippen LogP contribution in [0.5, 0.6) is 0 Å². The van der Waals surface area contributed by atoms with E-state index in [0.717, 1.165) is 32.0 Å². The number of nitrogens with zero attached hydrogens (tertiary/aromatic N) is 1. The summed E-state index contributed by atoms with van der Waals surface area (Å²) in [5.41, 5.74) is 0. The van der Waals surface area contributed by atoms with Crippen molar-refractivity contribution in [2.24, 2.45) is 5.92 Å². The van der Waals surface area contributed by atoms with Crippen molar-refractivity contribution in [3.05, 3.63) is 28.2 Å². The summed E-state index contributed by atoms with van der Waals surface area (Å²) in [6, 6.07) is 5.21. The van der Waals surface area contributed by atoms with Gasteiger partial charge in [-0.15, -0.1) is 0 Å². The number of likely N-dealkylation sites (tertiary alicyclic amines) is 1. The monoisotopic (exact) mass is 408 g/mol. The molecule has 1 atom stereocenters. The second kappa shape index (κ2) is 8.14. The fourth-order valence-electron chi connectivity index (χ4n) is 3.32. The normalized spacial score (nSPS) is 23.7. The van der Waals surface area contributed by atoms with Gasteiger partial charge in [0.1, 0.15) is 4.90 Å². The van der Waals surface area contributed by atoms with Gasteiger partial charge in [0.05, 0.1) is 5.02 Å². The summed E-state index contributed by atoms with van der Waals surface area (Å²) in [5, 5.41) is 0.558. The van der Waals surface area contributed by atoms with E-state index in [1.54, 1.807) is 6.07 Å². The molecular weight excluding hydrogens is 387 g/mol. The average molecular weight is 409 g/mol. The van der Waals surface area contributed by atoms with E-state index in [2.05, 4.69) is 9.62 Å².